The molecule has 1 aliphatic rings. The van der Waals surface area contributed by atoms with Crippen LogP contribution in [0.5, 0.6) is 0 Å². The van der Waals surface area contributed by atoms with E-state index in [9.17, 15) is 13.6 Å². The molecule has 1 rings (SSSR count). The highest BCUT2D eigenvalue weighted by Gasteiger charge is 2.19. The highest BCUT2D eigenvalue weighted by molar-refractivity contribution is 5.79. The molecular formula is C11H17F2NO3. The SMILES string of the molecule is O=C(O)C=CC(F)C(F)CCN1CCOCC1. The van der Waals surface area contributed by atoms with Gasteiger partial charge in [0.05, 0.1) is 13.2 Å². The van der Waals surface area contributed by atoms with Gasteiger partial charge in [-0.3, -0.25) is 4.90 Å². The Balaban J connectivity index is 2.23. The van der Waals surface area contributed by atoms with Crippen LogP contribution in [0.2, 0.25) is 0 Å². The highest BCUT2D eigenvalue weighted by atomic mass is 19.2. The Kier molecular flexibility index (Phi) is 6.07. The van der Waals surface area contributed by atoms with Crippen LogP contribution in [0.3, 0.4) is 0 Å². The third-order valence-corrected chi connectivity index (χ3v) is 2.59. The van der Waals surface area contributed by atoms with Gasteiger partial charge in [0.2, 0.25) is 0 Å². The maximum atomic E-state index is 13.3. The molecule has 0 aromatic rings. The summed E-state index contributed by atoms with van der Waals surface area (Å²) in [6.45, 7) is 3.17. The van der Waals surface area contributed by atoms with Gasteiger partial charge in [0.25, 0.3) is 0 Å². The fourth-order valence-electron chi connectivity index (χ4n) is 1.58. The summed E-state index contributed by atoms with van der Waals surface area (Å²) in [5, 5.41) is 8.28. The molecule has 1 saturated heterocycles. The van der Waals surface area contributed by atoms with Crippen molar-refractivity contribution in [3.05, 3.63) is 12.2 Å². The minimum absolute atomic E-state index is 0.0606. The van der Waals surface area contributed by atoms with E-state index in [1.165, 1.54) is 0 Å². The third-order valence-electron chi connectivity index (χ3n) is 2.59. The second kappa shape index (κ2) is 7.34. The van der Waals surface area contributed by atoms with Crippen molar-refractivity contribution in [2.45, 2.75) is 18.8 Å². The maximum absolute atomic E-state index is 13.3. The molecule has 98 valence electrons. The lowest BCUT2D eigenvalue weighted by Crippen LogP contribution is -2.38. The second-order valence-corrected chi connectivity index (χ2v) is 3.90. The predicted molar refractivity (Wildman–Crippen MR) is 58.4 cm³/mol. The lowest BCUT2D eigenvalue weighted by atomic mass is 10.1. The van der Waals surface area contributed by atoms with Gasteiger partial charge in [-0.1, -0.05) is 0 Å². The Morgan fingerprint density at radius 3 is 2.65 bits per heavy atom. The van der Waals surface area contributed by atoms with Gasteiger partial charge in [-0.2, -0.15) is 0 Å². The van der Waals surface area contributed by atoms with E-state index in [0.29, 0.717) is 25.8 Å². The molecule has 17 heavy (non-hydrogen) atoms. The number of rotatable bonds is 6. The van der Waals surface area contributed by atoms with E-state index in [4.69, 9.17) is 9.84 Å². The first kappa shape index (κ1) is 14.1. The molecule has 0 aromatic heterocycles. The summed E-state index contributed by atoms with van der Waals surface area (Å²) in [6.07, 6.45) is -2.08. The molecule has 0 bridgehead atoms. The Bertz CT molecular complexity index is 267. The monoisotopic (exact) mass is 249 g/mol. The van der Waals surface area contributed by atoms with Crippen LogP contribution in [0.4, 0.5) is 8.78 Å². The first-order chi connectivity index (χ1) is 8.09. The van der Waals surface area contributed by atoms with Gasteiger partial charge in [-0.15, -0.1) is 0 Å². The average Bonchev–Trinajstić information content (AvgIpc) is 2.34. The van der Waals surface area contributed by atoms with Crippen LogP contribution in [0, 0.1) is 0 Å². The largest absolute Gasteiger partial charge is 0.478 e. The molecule has 0 amide bonds. The van der Waals surface area contributed by atoms with E-state index in [-0.39, 0.29) is 6.42 Å². The maximum Gasteiger partial charge on any atom is 0.328 e. The van der Waals surface area contributed by atoms with Gasteiger partial charge in [0.15, 0.2) is 0 Å². The Hall–Kier alpha value is -1.01. The predicted octanol–water partition coefficient (Wildman–Crippen LogP) is 1.03. The fraction of sp³-hybridized carbons (Fsp3) is 0.727. The molecule has 1 heterocycles. The van der Waals surface area contributed by atoms with Gasteiger partial charge >= 0.3 is 5.97 Å². The molecule has 1 N–H and O–H groups in total. The number of hydrogen-bond donors (Lipinski definition) is 1. The van der Waals surface area contributed by atoms with Crippen LogP contribution in [-0.4, -0.2) is 61.2 Å². The van der Waals surface area contributed by atoms with Crippen molar-refractivity contribution in [3.63, 3.8) is 0 Å². The smallest absolute Gasteiger partial charge is 0.328 e. The van der Waals surface area contributed by atoms with E-state index < -0.39 is 18.3 Å². The average molecular weight is 249 g/mol. The number of alkyl halides is 2. The quantitative estimate of drug-likeness (QED) is 0.714. The van der Waals surface area contributed by atoms with E-state index in [2.05, 4.69) is 0 Å². The fourth-order valence-corrected chi connectivity index (χ4v) is 1.58. The van der Waals surface area contributed by atoms with Crippen molar-refractivity contribution in [2.75, 3.05) is 32.8 Å². The van der Waals surface area contributed by atoms with E-state index in [1.807, 2.05) is 4.90 Å². The summed E-state index contributed by atoms with van der Waals surface area (Å²) >= 11 is 0. The van der Waals surface area contributed by atoms with Gasteiger partial charge in [0.1, 0.15) is 12.3 Å². The number of carbonyl (C=O) groups is 1. The van der Waals surface area contributed by atoms with Crippen molar-refractivity contribution in [1.82, 2.24) is 4.90 Å². The topological polar surface area (TPSA) is 49.8 Å². The van der Waals surface area contributed by atoms with Gasteiger partial charge in [0, 0.05) is 25.7 Å². The van der Waals surface area contributed by atoms with E-state index in [1.54, 1.807) is 0 Å². The molecular weight excluding hydrogens is 232 g/mol. The number of carboxylic acids is 1. The van der Waals surface area contributed by atoms with Crippen molar-refractivity contribution in [2.24, 2.45) is 0 Å². The van der Waals surface area contributed by atoms with Crippen molar-refractivity contribution >= 4 is 5.97 Å². The zero-order chi connectivity index (χ0) is 12.7. The van der Waals surface area contributed by atoms with Gasteiger partial charge in [-0.05, 0) is 12.5 Å². The molecule has 1 fully saturated rings. The zero-order valence-electron chi connectivity index (χ0n) is 9.52. The van der Waals surface area contributed by atoms with Crippen molar-refractivity contribution < 1.29 is 23.4 Å². The molecule has 0 spiro atoms. The van der Waals surface area contributed by atoms with E-state index in [0.717, 1.165) is 19.2 Å². The number of hydrogen-bond acceptors (Lipinski definition) is 3. The summed E-state index contributed by atoms with van der Waals surface area (Å²) in [5.41, 5.74) is 0. The zero-order valence-corrected chi connectivity index (χ0v) is 9.52. The minimum atomic E-state index is -1.85. The third kappa shape index (κ3) is 5.74. The van der Waals surface area contributed by atoms with Crippen molar-refractivity contribution in [1.29, 1.82) is 0 Å². The molecule has 6 heteroatoms. The lowest BCUT2D eigenvalue weighted by Gasteiger charge is -2.27. The molecule has 2 unspecified atom stereocenters. The van der Waals surface area contributed by atoms with Crippen LogP contribution in [0.1, 0.15) is 6.42 Å². The summed E-state index contributed by atoms with van der Waals surface area (Å²) in [5.74, 6) is -1.27. The minimum Gasteiger partial charge on any atom is -0.478 e. The number of ether oxygens (including phenoxy) is 1. The molecule has 1 aliphatic heterocycles. The van der Waals surface area contributed by atoms with Gasteiger partial charge < -0.3 is 9.84 Å². The normalized spacial score (nSPS) is 21.5. The summed E-state index contributed by atoms with van der Waals surface area (Å²) in [7, 11) is 0. The standard InChI is InChI=1S/C11H17F2NO3/c12-9(1-2-11(15)16)10(13)3-4-14-5-7-17-8-6-14/h1-2,9-10H,3-8H2,(H,15,16). The van der Waals surface area contributed by atoms with Gasteiger partial charge in [-0.25, -0.2) is 13.6 Å². The first-order valence-corrected chi connectivity index (χ1v) is 5.59. The Labute approximate surface area is 98.9 Å². The number of allylic oxidation sites excluding steroid dienone is 1. The molecule has 0 aliphatic carbocycles. The second-order valence-electron chi connectivity index (χ2n) is 3.90. The Morgan fingerprint density at radius 1 is 1.41 bits per heavy atom. The number of nitrogens with zero attached hydrogens (tertiary/aromatic N) is 1. The number of morpholine rings is 1. The molecule has 4 nitrogen and oxygen atoms in total. The summed E-state index contributed by atoms with van der Waals surface area (Å²) < 4.78 is 31.6. The molecule has 2 atom stereocenters. The van der Waals surface area contributed by atoms with E-state index >= 15 is 0 Å². The molecule has 0 saturated carbocycles. The molecule has 0 aromatic carbocycles. The Morgan fingerprint density at radius 2 is 2.06 bits per heavy atom. The number of halogens is 2. The summed E-state index contributed by atoms with van der Waals surface area (Å²) in [6, 6.07) is 0. The van der Waals surface area contributed by atoms with Crippen LogP contribution in [-0.2, 0) is 9.53 Å². The highest BCUT2D eigenvalue weighted by Crippen LogP contribution is 2.11. The lowest BCUT2D eigenvalue weighted by molar-refractivity contribution is -0.131. The first-order valence-electron chi connectivity index (χ1n) is 5.59. The number of aliphatic carboxylic acids is 1. The van der Waals surface area contributed by atoms with Crippen LogP contribution >= 0.6 is 0 Å². The molecule has 0 radical (unpaired) electrons. The van der Waals surface area contributed by atoms with Crippen LogP contribution in [0.25, 0.3) is 0 Å². The number of carboxylic acid groups (broad SMARTS) is 1. The van der Waals surface area contributed by atoms with Crippen LogP contribution < -0.4 is 0 Å². The van der Waals surface area contributed by atoms with Crippen LogP contribution in [0.15, 0.2) is 12.2 Å². The van der Waals surface area contributed by atoms with Crippen molar-refractivity contribution in [3.8, 4) is 0 Å². The summed E-state index contributed by atoms with van der Waals surface area (Å²) in [4.78, 5) is 12.1.